The maximum atomic E-state index is 13.1. The third-order valence-corrected chi connectivity index (χ3v) is 3.19. The molecular formula is C15H17ClFNO2. The molecule has 0 fully saturated rings. The van der Waals surface area contributed by atoms with Gasteiger partial charge in [-0.15, -0.1) is 0 Å². The molecule has 108 valence electrons. The van der Waals surface area contributed by atoms with Gasteiger partial charge in [0.05, 0.1) is 12.0 Å². The number of alkyl halides is 1. The summed E-state index contributed by atoms with van der Waals surface area (Å²) in [6, 6.07) is 9.10. The van der Waals surface area contributed by atoms with Crippen LogP contribution in [-0.2, 0) is 9.53 Å². The fraction of sp³-hybridized carbons (Fsp3) is 0.467. The molecular weight excluding hydrogens is 281 g/mol. The summed E-state index contributed by atoms with van der Waals surface area (Å²) >= 11 is 6.01. The number of halogens is 2. The van der Waals surface area contributed by atoms with Gasteiger partial charge in [-0.25, -0.2) is 4.39 Å². The third kappa shape index (κ3) is 5.18. The number of esters is 1. The van der Waals surface area contributed by atoms with E-state index in [-0.39, 0.29) is 19.3 Å². The number of rotatable bonds is 7. The van der Waals surface area contributed by atoms with Crippen LogP contribution < -0.4 is 0 Å². The van der Waals surface area contributed by atoms with Gasteiger partial charge >= 0.3 is 5.97 Å². The Hall–Kier alpha value is -1.60. The van der Waals surface area contributed by atoms with Crippen LogP contribution in [0.3, 0.4) is 0 Å². The van der Waals surface area contributed by atoms with Gasteiger partial charge in [-0.2, -0.15) is 5.26 Å². The molecule has 1 aromatic carbocycles. The Bertz CT molecular complexity index is 487. The molecule has 0 N–H and O–H groups in total. The molecule has 0 aliphatic rings. The van der Waals surface area contributed by atoms with Gasteiger partial charge in [-0.3, -0.25) is 4.79 Å². The lowest BCUT2D eigenvalue weighted by Gasteiger charge is -2.12. The maximum Gasteiger partial charge on any atom is 0.308 e. The second-order valence-corrected chi connectivity index (χ2v) is 4.84. The number of nitriles is 1. The molecule has 3 nitrogen and oxygen atoms in total. The molecule has 2 unspecified atom stereocenters. The molecule has 1 aromatic rings. The van der Waals surface area contributed by atoms with Crippen molar-refractivity contribution in [3.05, 3.63) is 34.9 Å². The van der Waals surface area contributed by atoms with Crippen LogP contribution in [0.4, 0.5) is 4.39 Å². The molecule has 0 spiro atoms. The first-order valence-electron chi connectivity index (χ1n) is 6.56. The van der Waals surface area contributed by atoms with Crippen LogP contribution >= 0.6 is 11.6 Å². The highest BCUT2D eigenvalue weighted by Crippen LogP contribution is 2.27. The van der Waals surface area contributed by atoms with Crippen molar-refractivity contribution in [2.75, 3.05) is 0 Å². The summed E-state index contributed by atoms with van der Waals surface area (Å²) in [4.78, 5) is 11.5. The summed E-state index contributed by atoms with van der Waals surface area (Å²) in [5.41, 5.74) is 0.676. The van der Waals surface area contributed by atoms with Crippen LogP contribution in [0.2, 0.25) is 5.02 Å². The summed E-state index contributed by atoms with van der Waals surface area (Å²) in [6.07, 6.45) is -0.508. The number of carbonyl (C=O) groups excluding carboxylic acids is 1. The molecule has 0 aliphatic heterocycles. The highest BCUT2D eigenvalue weighted by molar-refractivity contribution is 6.31. The third-order valence-electron chi connectivity index (χ3n) is 2.85. The molecule has 0 saturated heterocycles. The number of nitrogens with zero attached hydrogens (tertiary/aromatic N) is 1. The van der Waals surface area contributed by atoms with Crippen molar-refractivity contribution >= 4 is 17.6 Å². The summed E-state index contributed by atoms with van der Waals surface area (Å²) in [7, 11) is 0. The molecule has 0 amide bonds. The van der Waals surface area contributed by atoms with Crippen molar-refractivity contribution in [3.8, 4) is 6.07 Å². The van der Waals surface area contributed by atoms with E-state index in [0.717, 1.165) is 0 Å². The Labute approximate surface area is 123 Å². The zero-order chi connectivity index (χ0) is 15.0. The Kier molecular flexibility index (Phi) is 7.03. The smallest absolute Gasteiger partial charge is 0.308 e. The Morgan fingerprint density at radius 2 is 2.15 bits per heavy atom. The molecule has 0 radical (unpaired) electrons. The minimum absolute atomic E-state index is 0.00636. The second kappa shape index (κ2) is 8.55. The largest absolute Gasteiger partial charge is 0.431 e. The Morgan fingerprint density at radius 3 is 2.75 bits per heavy atom. The number of hydrogen-bond acceptors (Lipinski definition) is 3. The monoisotopic (exact) mass is 297 g/mol. The lowest BCUT2D eigenvalue weighted by molar-refractivity contribution is -0.158. The quantitative estimate of drug-likeness (QED) is 0.702. The fourth-order valence-electron chi connectivity index (χ4n) is 1.80. The first-order valence-corrected chi connectivity index (χ1v) is 6.93. The number of benzene rings is 1. The molecule has 0 aromatic heterocycles. The van der Waals surface area contributed by atoms with E-state index in [2.05, 4.69) is 10.8 Å². The predicted octanol–water partition coefficient (Wildman–Crippen LogP) is 4.37. The summed E-state index contributed by atoms with van der Waals surface area (Å²) in [6.45, 7) is 1.81. The minimum atomic E-state index is -1.56. The molecule has 0 aliphatic carbocycles. The number of carbonyl (C=O) groups is 1. The normalized spacial score (nSPS) is 13.3. The zero-order valence-corrected chi connectivity index (χ0v) is 12.1. The molecule has 1 rings (SSSR count). The van der Waals surface area contributed by atoms with E-state index >= 15 is 0 Å². The van der Waals surface area contributed by atoms with E-state index in [4.69, 9.17) is 16.9 Å². The van der Waals surface area contributed by atoms with Crippen LogP contribution in [0.25, 0.3) is 0 Å². The van der Waals surface area contributed by atoms with Crippen molar-refractivity contribution in [3.63, 3.8) is 0 Å². The van der Waals surface area contributed by atoms with E-state index in [1.54, 1.807) is 24.3 Å². The second-order valence-electron chi connectivity index (χ2n) is 4.43. The van der Waals surface area contributed by atoms with E-state index < -0.39 is 18.2 Å². The SMILES string of the molecule is CCCC(F)OC(=O)CCC(C#N)c1ccccc1Cl. The standard InChI is InChI=1S/C15H17ClFNO2/c1-2-5-14(17)20-15(19)9-8-11(10-18)12-6-3-4-7-13(12)16/h3-4,6-7,11,14H,2,5,8-9H2,1H3. The van der Waals surface area contributed by atoms with Gasteiger partial charge in [-0.1, -0.05) is 36.7 Å². The van der Waals surface area contributed by atoms with Gasteiger partial charge in [0.25, 0.3) is 0 Å². The van der Waals surface area contributed by atoms with Gasteiger partial charge in [0.2, 0.25) is 6.36 Å². The number of hydrogen-bond donors (Lipinski definition) is 0. The van der Waals surface area contributed by atoms with Crippen LogP contribution in [0.15, 0.2) is 24.3 Å². The van der Waals surface area contributed by atoms with Crippen molar-refractivity contribution in [2.24, 2.45) is 0 Å². The van der Waals surface area contributed by atoms with Crippen LogP contribution in [0.1, 0.15) is 44.1 Å². The molecule has 0 bridgehead atoms. The van der Waals surface area contributed by atoms with Crippen molar-refractivity contribution in [1.29, 1.82) is 5.26 Å². The van der Waals surface area contributed by atoms with Crippen LogP contribution in [0, 0.1) is 11.3 Å². The highest BCUT2D eigenvalue weighted by atomic mass is 35.5. The first-order chi connectivity index (χ1) is 9.58. The fourth-order valence-corrected chi connectivity index (χ4v) is 2.06. The maximum absolute atomic E-state index is 13.1. The molecule has 5 heteroatoms. The highest BCUT2D eigenvalue weighted by Gasteiger charge is 2.18. The minimum Gasteiger partial charge on any atom is -0.431 e. The Balaban J connectivity index is 2.53. The average molecular weight is 298 g/mol. The van der Waals surface area contributed by atoms with Crippen molar-refractivity contribution in [2.45, 2.75) is 44.9 Å². The van der Waals surface area contributed by atoms with Gasteiger partial charge in [-0.05, 0) is 24.5 Å². The Morgan fingerprint density at radius 1 is 1.45 bits per heavy atom. The lowest BCUT2D eigenvalue weighted by atomic mass is 9.96. The van der Waals surface area contributed by atoms with Gasteiger partial charge < -0.3 is 4.74 Å². The lowest BCUT2D eigenvalue weighted by Crippen LogP contribution is -2.14. The van der Waals surface area contributed by atoms with Gasteiger partial charge in [0.15, 0.2) is 0 Å². The average Bonchev–Trinajstić information content (AvgIpc) is 2.41. The molecule has 0 heterocycles. The predicted molar refractivity (Wildman–Crippen MR) is 74.9 cm³/mol. The van der Waals surface area contributed by atoms with Crippen molar-refractivity contribution < 1.29 is 13.9 Å². The molecule has 0 saturated carbocycles. The summed E-state index contributed by atoms with van der Waals surface area (Å²) in [5, 5.41) is 9.64. The summed E-state index contributed by atoms with van der Waals surface area (Å²) < 4.78 is 17.7. The van der Waals surface area contributed by atoms with E-state index in [9.17, 15) is 9.18 Å². The summed E-state index contributed by atoms with van der Waals surface area (Å²) in [5.74, 6) is -1.13. The van der Waals surface area contributed by atoms with Crippen molar-refractivity contribution in [1.82, 2.24) is 0 Å². The van der Waals surface area contributed by atoms with E-state index in [1.807, 2.05) is 6.92 Å². The number of ether oxygens (including phenoxy) is 1. The molecule has 2 atom stereocenters. The van der Waals surface area contributed by atoms with E-state index in [1.165, 1.54) is 0 Å². The van der Waals surface area contributed by atoms with Gasteiger partial charge in [0, 0.05) is 17.9 Å². The zero-order valence-electron chi connectivity index (χ0n) is 11.3. The van der Waals surface area contributed by atoms with Crippen LogP contribution in [0.5, 0.6) is 0 Å². The molecule has 20 heavy (non-hydrogen) atoms. The first kappa shape index (κ1) is 16.5. The van der Waals surface area contributed by atoms with E-state index in [0.29, 0.717) is 17.0 Å². The topological polar surface area (TPSA) is 50.1 Å². The van der Waals surface area contributed by atoms with Gasteiger partial charge in [0.1, 0.15) is 0 Å². The van der Waals surface area contributed by atoms with Crippen LogP contribution in [-0.4, -0.2) is 12.3 Å².